The minimum absolute atomic E-state index is 0.211. The SMILES string of the molecule is CCC(NCC(C)(C)CCCO)c1ccc(Cl)cc1. The van der Waals surface area contributed by atoms with E-state index >= 15 is 0 Å². The Morgan fingerprint density at radius 2 is 1.89 bits per heavy atom. The molecule has 0 aliphatic rings. The lowest BCUT2D eigenvalue weighted by Gasteiger charge is -2.28. The standard InChI is InChI=1S/C16H26ClNO/c1-4-15(13-6-8-14(17)9-7-13)18-12-16(2,3)10-5-11-19/h6-9,15,18-19H,4-5,10-12H2,1-3H3. The lowest BCUT2D eigenvalue weighted by Crippen LogP contribution is -2.32. The van der Waals surface area contributed by atoms with E-state index in [-0.39, 0.29) is 12.0 Å². The van der Waals surface area contributed by atoms with Crippen LogP contribution < -0.4 is 5.32 Å². The second-order valence-electron chi connectivity index (χ2n) is 5.88. The molecule has 0 aliphatic heterocycles. The summed E-state index contributed by atoms with van der Waals surface area (Å²) in [7, 11) is 0. The van der Waals surface area contributed by atoms with Crippen LogP contribution in [0.4, 0.5) is 0 Å². The molecule has 3 heteroatoms. The fourth-order valence-electron chi connectivity index (χ4n) is 2.24. The molecule has 0 radical (unpaired) electrons. The van der Waals surface area contributed by atoms with Crippen LogP contribution in [0.3, 0.4) is 0 Å². The Labute approximate surface area is 122 Å². The zero-order chi connectivity index (χ0) is 14.3. The maximum Gasteiger partial charge on any atom is 0.0431 e. The second kappa shape index (κ2) is 7.88. The summed E-state index contributed by atoms with van der Waals surface area (Å²) in [5.74, 6) is 0. The molecule has 0 saturated carbocycles. The number of aliphatic hydroxyl groups is 1. The van der Waals surface area contributed by atoms with Crippen molar-refractivity contribution >= 4 is 11.6 Å². The average molecular weight is 284 g/mol. The van der Waals surface area contributed by atoms with Crippen molar-refractivity contribution in [3.63, 3.8) is 0 Å². The third-order valence-electron chi connectivity index (χ3n) is 3.52. The minimum atomic E-state index is 0.211. The molecule has 0 fully saturated rings. The Kier molecular flexibility index (Phi) is 6.84. The summed E-state index contributed by atoms with van der Waals surface area (Å²) in [6, 6.07) is 8.43. The normalized spacial score (nSPS) is 13.5. The van der Waals surface area contributed by atoms with E-state index in [1.807, 2.05) is 12.1 Å². The first-order chi connectivity index (χ1) is 8.98. The van der Waals surface area contributed by atoms with E-state index in [1.165, 1.54) is 5.56 Å². The van der Waals surface area contributed by atoms with Crippen LogP contribution in [0.25, 0.3) is 0 Å². The molecule has 0 aliphatic carbocycles. The van der Waals surface area contributed by atoms with Crippen molar-refractivity contribution in [3.8, 4) is 0 Å². The summed E-state index contributed by atoms with van der Waals surface area (Å²) in [6.07, 6.45) is 2.96. The fraction of sp³-hybridized carbons (Fsp3) is 0.625. The third kappa shape index (κ3) is 5.94. The van der Waals surface area contributed by atoms with Gasteiger partial charge in [-0.2, -0.15) is 0 Å². The van der Waals surface area contributed by atoms with E-state index in [0.29, 0.717) is 6.04 Å². The van der Waals surface area contributed by atoms with E-state index < -0.39 is 0 Å². The maximum absolute atomic E-state index is 8.92. The number of hydrogen-bond acceptors (Lipinski definition) is 2. The molecular weight excluding hydrogens is 258 g/mol. The van der Waals surface area contributed by atoms with Crippen LogP contribution in [-0.4, -0.2) is 18.3 Å². The first-order valence-corrected chi connectivity index (χ1v) is 7.46. The first-order valence-electron chi connectivity index (χ1n) is 7.08. The molecule has 1 aromatic carbocycles. The summed E-state index contributed by atoms with van der Waals surface area (Å²) in [6.45, 7) is 7.90. The van der Waals surface area contributed by atoms with Gasteiger partial charge in [0.15, 0.2) is 0 Å². The smallest absolute Gasteiger partial charge is 0.0431 e. The molecule has 0 spiro atoms. The highest BCUT2D eigenvalue weighted by Crippen LogP contribution is 2.24. The minimum Gasteiger partial charge on any atom is -0.396 e. The van der Waals surface area contributed by atoms with Gasteiger partial charge in [0, 0.05) is 24.2 Å². The summed E-state index contributed by atoms with van der Waals surface area (Å²) in [5.41, 5.74) is 1.49. The van der Waals surface area contributed by atoms with Gasteiger partial charge in [-0.15, -0.1) is 0 Å². The molecule has 0 saturated heterocycles. The predicted octanol–water partition coefficient (Wildman–Crippen LogP) is 4.18. The zero-order valence-electron chi connectivity index (χ0n) is 12.2. The second-order valence-corrected chi connectivity index (χ2v) is 6.32. The molecule has 1 atom stereocenters. The Bertz CT molecular complexity index is 362. The zero-order valence-corrected chi connectivity index (χ0v) is 13.0. The molecule has 0 amide bonds. The van der Waals surface area contributed by atoms with Crippen molar-refractivity contribution < 1.29 is 5.11 Å². The van der Waals surface area contributed by atoms with Gasteiger partial charge in [-0.3, -0.25) is 0 Å². The van der Waals surface area contributed by atoms with E-state index in [9.17, 15) is 0 Å². The van der Waals surface area contributed by atoms with Gasteiger partial charge in [0.25, 0.3) is 0 Å². The van der Waals surface area contributed by atoms with Gasteiger partial charge in [-0.05, 0) is 42.4 Å². The number of benzene rings is 1. The number of hydrogen-bond donors (Lipinski definition) is 2. The lowest BCUT2D eigenvalue weighted by molar-refractivity contribution is 0.231. The Morgan fingerprint density at radius 3 is 2.42 bits per heavy atom. The van der Waals surface area contributed by atoms with Crippen LogP contribution in [0.2, 0.25) is 5.02 Å². The molecule has 0 heterocycles. The van der Waals surface area contributed by atoms with Crippen LogP contribution in [0.5, 0.6) is 0 Å². The van der Waals surface area contributed by atoms with Crippen molar-refractivity contribution in [2.45, 2.75) is 46.1 Å². The van der Waals surface area contributed by atoms with Gasteiger partial charge in [0.05, 0.1) is 0 Å². The first kappa shape index (κ1) is 16.5. The lowest BCUT2D eigenvalue weighted by atomic mass is 9.87. The van der Waals surface area contributed by atoms with E-state index in [2.05, 4.69) is 38.2 Å². The summed E-state index contributed by atoms with van der Waals surface area (Å²) < 4.78 is 0. The molecule has 1 unspecified atom stereocenters. The van der Waals surface area contributed by atoms with Gasteiger partial charge in [0.2, 0.25) is 0 Å². The molecule has 1 aromatic rings. The number of halogens is 1. The van der Waals surface area contributed by atoms with Crippen LogP contribution in [-0.2, 0) is 0 Å². The quantitative estimate of drug-likeness (QED) is 0.750. The monoisotopic (exact) mass is 283 g/mol. The van der Waals surface area contributed by atoms with Crippen LogP contribution in [0, 0.1) is 5.41 Å². The highest BCUT2D eigenvalue weighted by molar-refractivity contribution is 6.30. The molecule has 0 aromatic heterocycles. The van der Waals surface area contributed by atoms with Crippen molar-refractivity contribution in [1.82, 2.24) is 5.32 Å². The number of rotatable bonds is 8. The summed E-state index contributed by atoms with van der Waals surface area (Å²) in [5, 5.41) is 13.3. The van der Waals surface area contributed by atoms with Crippen LogP contribution in [0.1, 0.15) is 51.6 Å². The largest absolute Gasteiger partial charge is 0.396 e. The predicted molar refractivity (Wildman–Crippen MR) is 82.6 cm³/mol. The highest BCUT2D eigenvalue weighted by atomic mass is 35.5. The fourth-order valence-corrected chi connectivity index (χ4v) is 2.36. The van der Waals surface area contributed by atoms with Gasteiger partial charge in [0.1, 0.15) is 0 Å². The molecule has 2 nitrogen and oxygen atoms in total. The topological polar surface area (TPSA) is 32.3 Å². The Morgan fingerprint density at radius 1 is 1.26 bits per heavy atom. The number of aliphatic hydroxyl groups excluding tert-OH is 1. The van der Waals surface area contributed by atoms with E-state index in [4.69, 9.17) is 16.7 Å². The average Bonchev–Trinajstić information content (AvgIpc) is 2.39. The Hall–Kier alpha value is -0.570. The van der Waals surface area contributed by atoms with Gasteiger partial charge >= 0.3 is 0 Å². The van der Waals surface area contributed by atoms with Crippen molar-refractivity contribution in [1.29, 1.82) is 0 Å². The molecule has 2 N–H and O–H groups in total. The molecule has 0 bridgehead atoms. The van der Waals surface area contributed by atoms with Crippen LogP contribution in [0.15, 0.2) is 24.3 Å². The molecule has 1 rings (SSSR count). The molecule has 108 valence electrons. The highest BCUT2D eigenvalue weighted by Gasteiger charge is 2.19. The van der Waals surface area contributed by atoms with Crippen molar-refractivity contribution in [3.05, 3.63) is 34.9 Å². The molecule has 19 heavy (non-hydrogen) atoms. The van der Waals surface area contributed by atoms with Crippen LogP contribution >= 0.6 is 11.6 Å². The number of nitrogens with one attached hydrogen (secondary N) is 1. The Balaban J connectivity index is 2.55. The van der Waals surface area contributed by atoms with E-state index in [0.717, 1.165) is 30.8 Å². The third-order valence-corrected chi connectivity index (χ3v) is 3.77. The van der Waals surface area contributed by atoms with Crippen molar-refractivity contribution in [2.24, 2.45) is 5.41 Å². The molecular formula is C16H26ClNO. The van der Waals surface area contributed by atoms with E-state index in [1.54, 1.807) is 0 Å². The van der Waals surface area contributed by atoms with Gasteiger partial charge < -0.3 is 10.4 Å². The van der Waals surface area contributed by atoms with Gasteiger partial charge in [-0.25, -0.2) is 0 Å². The maximum atomic E-state index is 8.92. The summed E-state index contributed by atoms with van der Waals surface area (Å²) >= 11 is 5.92. The van der Waals surface area contributed by atoms with Gasteiger partial charge in [-0.1, -0.05) is 44.5 Å². The summed E-state index contributed by atoms with van der Waals surface area (Å²) in [4.78, 5) is 0. The van der Waals surface area contributed by atoms with Crippen molar-refractivity contribution in [2.75, 3.05) is 13.2 Å².